The van der Waals surface area contributed by atoms with Crippen LogP contribution >= 0.6 is 0 Å². The van der Waals surface area contributed by atoms with Gasteiger partial charge in [0.15, 0.2) is 0 Å². The van der Waals surface area contributed by atoms with Gasteiger partial charge in [0.1, 0.15) is 18.6 Å². The normalized spacial score (nSPS) is 14.0. The largest absolute Gasteiger partial charge is 0.492 e. The molecule has 2 aromatic carbocycles. The first-order valence-corrected chi connectivity index (χ1v) is 9.08. The van der Waals surface area contributed by atoms with Crippen LogP contribution in [0.1, 0.15) is 39.9 Å². The Balaban J connectivity index is 1.78. The fourth-order valence-corrected chi connectivity index (χ4v) is 3.70. The lowest BCUT2D eigenvalue weighted by atomic mass is 9.90. The number of rotatable bonds is 6. The highest BCUT2D eigenvalue weighted by atomic mass is 16.5. The zero-order valence-electron chi connectivity index (χ0n) is 15.7. The first kappa shape index (κ1) is 18.2. The molecule has 26 heavy (non-hydrogen) atoms. The number of carbonyl (C=O) groups is 2. The van der Waals surface area contributed by atoms with E-state index >= 15 is 0 Å². The number of nitrogens with zero attached hydrogens (tertiary/aromatic N) is 1. The van der Waals surface area contributed by atoms with Gasteiger partial charge in [0.25, 0.3) is 0 Å². The van der Waals surface area contributed by atoms with Gasteiger partial charge in [-0.3, -0.25) is 9.59 Å². The second kappa shape index (κ2) is 7.73. The van der Waals surface area contributed by atoms with Gasteiger partial charge >= 0.3 is 0 Å². The van der Waals surface area contributed by atoms with Gasteiger partial charge in [0.2, 0.25) is 5.91 Å². The monoisotopic (exact) mass is 351 g/mol. The molecule has 1 amide bonds. The van der Waals surface area contributed by atoms with E-state index in [0.717, 1.165) is 58.4 Å². The van der Waals surface area contributed by atoms with Crippen LogP contribution in [-0.2, 0) is 4.79 Å². The molecule has 1 heterocycles. The summed E-state index contributed by atoms with van der Waals surface area (Å²) in [5, 5.41) is 0. The molecule has 0 N–H and O–H groups in total. The summed E-state index contributed by atoms with van der Waals surface area (Å²) >= 11 is 0. The smallest absolute Gasteiger partial charge is 0.222 e. The van der Waals surface area contributed by atoms with E-state index in [0.29, 0.717) is 19.6 Å². The third kappa shape index (κ3) is 3.64. The van der Waals surface area contributed by atoms with Crippen LogP contribution < -0.4 is 4.74 Å². The maximum atomic E-state index is 11.7. The van der Waals surface area contributed by atoms with Crippen LogP contribution in [0.5, 0.6) is 5.75 Å². The van der Waals surface area contributed by atoms with Crippen LogP contribution in [-0.4, -0.2) is 36.8 Å². The number of ether oxygens (including phenoxy) is 1. The number of hydrogen-bond acceptors (Lipinski definition) is 3. The Morgan fingerprint density at radius 3 is 2.50 bits per heavy atom. The van der Waals surface area contributed by atoms with Gasteiger partial charge in [-0.2, -0.15) is 0 Å². The van der Waals surface area contributed by atoms with Gasteiger partial charge in [0, 0.05) is 18.5 Å². The van der Waals surface area contributed by atoms with Gasteiger partial charge in [-0.1, -0.05) is 18.2 Å². The average molecular weight is 351 g/mol. The van der Waals surface area contributed by atoms with E-state index in [1.807, 2.05) is 36.1 Å². The molecule has 2 aromatic rings. The van der Waals surface area contributed by atoms with E-state index in [1.54, 1.807) is 0 Å². The zero-order chi connectivity index (χ0) is 18.7. The average Bonchev–Trinajstić information content (AvgIpc) is 3.01. The van der Waals surface area contributed by atoms with Crippen molar-refractivity contribution in [2.24, 2.45) is 0 Å². The minimum atomic E-state index is 0.224. The minimum Gasteiger partial charge on any atom is -0.492 e. The van der Waals surface area contributed by atoms with Crippen molar-refractivity contribution in [3.63, 3.8) is 0 Å². The molecule has 3 rings (SSSR count). The van der Waals surface area contributed by atoms with Crippen LogP contribution in [0.3, 0.4) is 0 Å². The number of benzene rings is 2. The summed E-state index contributed by atoms with van der Waals surface area (Å²) in [6.45, 7) is 8.09. The summed E-state index contributed by atoms with van der Waals surface area (Å²) in [6.07, 6.45) is 2.51. The highest BCUT2D eigenvalue weighted by Gasteiger charge is 2.19. The number of amides is 1. The maximum Gasteiger partial charge on any atom is 0.222 e. The van der Waals surface area contributed by atoms with Crippen LogP contribution in [0.2, 0.25) is 0 Å². The molecule has 4 heteroatoms. The fraction of sp³-hybridized carbons (Fsp3) is 0.364. The number of carbonyl (C=O) groups excluding carboxylic acids is 2. The Hall–Kier alpha value is -2.62. The molecule has 0 spiro atoms. The standard InChI is InChI=1S/C22H25NO3/c1-15-12-19(26-11-10-23-9-5-8-21(23)25)13-16(2)22(15)20-7-4-6-18(14-24)17(20)3/h4,6-7,12-14H,5,8-11H2,1-3H3. The Morgan fingerprint density at radius 1 is 1.15 bits per heavy atom. The van der Waals surface area contributed by atoms with Crippen molar-refractivity contribution in [2.75, 3.05) is 19.7 Å². The highest BCUT2D eigenvalue weighted by molar-refractivity contribution is 5.84. The molecule has 1 fully saturated rings. The molecule has 0 atom stereocenters. The van der Waals surface area contributed by atoms with E-state index in [9.17, 15) is 9.59 Å². The second-order valence-electron chi connectivity index (χ2n) is 6.90. The van der Waals surface area contributed by atoms with Crippen molar-refractivity contribution in [3.05, 3.63) is 52.6 Å². The van der Waals surface area contributed by atoms with Crippen LogP contribution in [0.25, 0.3) is 11.1 Å². The predicted molar refractivity (Wildman–Crippen MR) is 103 cm³/mol. The van der Waals surface area contributed by atoms with Crippen LogP contribution in [0, 0.1) is 20.8 Å². The third-order valence-electron chi connectivity index (χ3n) is 5.08. The molecule has 0 radical (unpaired) electrons. The first-order valence-electron chi connectivity index (χ1n) is 9.08. The molecule has 0 aliphatic carbocycles. The molecule has 0 bridgehead atoms. The summed E-state index contributed by atoms with van der Waals surface area (Å²) in [5.41, 5.74) is 6.17. The number of likely N-dealkylation sites (tertiary alicyclic amines) is 1. The van der Waals surface area contributed by atoms with Gasteiger partial charge in [-0.15, -0.1) is 0 Å². The maximum absolute atomic E-state index is 11.7. The summed E-state index contributed by atoms with van der Waals surface area (Å²) in [5.74, 6) is 1.04. The van der Waals surface area contributed by atoms with E-state index in [1.165, 1.54) is 0 Å². The number of aryl methyl sites for hydroxylation is 2. The van der Waals surface area contributed by atoms with Gasteiger partial charge in [-0.05, 0) is 67.1 Å². The second-order valence-corrected chi connectivity index (χ2v) is 6.90. The van der Waals surface area contributed by atoms with Crippen LogP contribution in [0.4, 0.5) is 0 Å². The SMILES string of the molecule is Cc1cc(OCCN2CCCC2=O)cc(C)c1-c1cccc(C=O)c1C. The van der Waals surface area contributed by atoms with Crippen molar-refractivity contribution < 1.29 is 14.3 Å². The van der Waals surface area contributed by atoms with E-state index in [-0.39, 0.29) is 5.91 Å². The van der Waals surface area contributed by atoms with E-state index < -0.39 is 0 Å². The highest BCUT2D eigenvalue weighted by Crippen LogP contribution is 2.33. The summed E-state index contributed by atoms with van der Waals surface area (Å²) in [4.78, 5) is 24.8. The van der Waals surface area contributed by atoms with Crippen molar-refractivity contribution >= 4 is 12.2 Å². The first-order chi connectivity index (χ1) is 12.5. The molecule has 1 saturated heterocycles. The summed E-state index contributed by atoms with van der Waals surface area (Å²) in [6, 6.07) is 9.87. The quantitative estimate of drug-likeness (QED) is 0.736. The third-order valence-corrected chi connectivity index (χ3v) is 5.08. The molecule has 0 aromatic heterocycles. The Kier molecular flexibility index (Phi) is 5.40. The van der Waals surface area contributed by atoms with Gasteiger partial charge < -0.3 is 9.64 Å². The lowest BCUT2D eigenvalue weighted by molar-refractivity contribution is -0.128. The summed E-state index contributed by atoms with van der Waals surface area (Å²) < 4.78 is 5.89. The fourth-order valence-electron chi connectivity index (χ4n) is 3.70. The molecule has 0 unspecified atom stereocenters. The van der Waals surface area contributed by atoms with Crippen molar-refractivity contribution in [2.45, 2.75) is 33.6 Å². The Labute approximate surface area is 154 Å². The number of hydrogen-bond donors (Lipinski definition) is 0. The molecule has 136 valence electrons. The summed E-state index contributed by atoms with van der Waals surface area (Å²) in [7, 11) is 0. The molecule has 4 nitrogen and oxygen atoms in total. The van der Waals surface area contributed by atoms with Crippen molar-refractivity contribution in [1.29, 1.82) is 0 Å². The molecular formula is C22H25NO3. The van der Waals surface area contributed by atoms with Crippen LogP contribution in [0.15, 0.2) is 30.3 Å². The lowest BCUT2D eigenvalue weighted by Gasteiger charge is -2.18. The topological polar surface area (TPSA) is 46.6 Å². The Morgan fingerprint density at radius 2 is 1.88 bits per heavy atom. The predicted octanol–water partition coefficient (Wildman–Crippen LogP) is 4.09. The zero-order valence-corrected chi connectivity index (χ0v) is 15.7. The molecular weight excluding hydrogens is 326 g/mol. The number of aldehydes is 1. The Bertz CT molecular complexity index is 818. The van der Waals surface area contributed by atoms with Gasteiger partial charge in [-0.25, -0.2) is 0 Å². The molecule has 1 aliphatic heterocycles. The van der Waals surface area contributed by atoms with Gasteiger partial charge in [0.05, 0.1) is 6.54 Å². The van der Waals surface area contributed by atoms with E-state index in [2.05, 4.69) is 19.9 Å². The molecule has 0 saturated carbocycles. The van der Waals surface area contributed by atoms with Crippen molar-refractivity contribution in [3.8, 4) is 16.9 Å². The van der Waals surface area contributed by atoms with E-state index in [4.69, 9.17) is 4.74 Å². The minimum absolute atomic E-state index is 0.224. The lowest BCUT2D eigenvalue weighted by Crippen LogP contribution is -2.29. The van der Waals surface area contributed by atoms with Crippen molar-refractivity contribution in [1.82, 2.24) is 4.90 Å². The molecule has 1 aliphatic rings.